The van der Waals surface area contributed by atoms with E-state index in [0.29, 0.717) is 5.56 Å². The molecule has 1 heterocycles. The van der Waals surface area contributed by atoms with Gasteiger partial charge in [0.05, 0.1) is 11.0 Å². The van der Waals surface area contributed by atoms with Crippen LogP contribution >= 0.6 is 0 Å². The number of alkyl halides is 3. The van der Waals surface area contributed by atoms with Crippen molar-refractivity contribution in [2.24, 2.45) is 0 Å². The number of aromatic nitrogens is 2. The van der Waals surface area contributed by atoms with Crippen LogP contribution in [0, 0.1) is 0 Å². The number of hydrogen-bond acceptors (Lipinski definition) is 3. The zero-order valence-corrected chi connectivity index (χ0v) is 11.5. The third-order valence-corrected chi connectivity index (χ3v) is 3.26. The summed E-state index contributed by atoms with van der Waals surface area (Å²) in [5, 5.41) is 0. The highest BCUT2D eigenvalue weighted by Crippen LogP contribution is 2.26. The highest BCUT2D eigenvalue weighted by atomic mass is 19.4. The summed E-state index contributed by atoms with van der Waals surface area (Å²) in [6.45, 7) is 0. The highest BCUT2D eigenvalue weighted by Gasteiger charge is 2.36. The van der Waals surface area contributed by atoms with Crippen LogP contribution in [-0.2, 0) is 6.18 Å². The number of ketones is 1. The summed E-state index contributed by atoms with van der Waals surface area (Å²) in [6, 6.07) is 12.4. The predicted octanol–water partition coefficient (Wildman–Crippen LogP) is 3.17. The summed E-state index contributed by atoms with van der Waals surface area (Å²) in [6.07, 6.45) is -4.86. The van der Waals surface area contributed by atoms with Crippen LogP contribution in [0.2, 0.25) is 0 Å². The molecule has 0 unspecified atom stereocenters. The Labute approximate surface area is 127 Å². The Hall–Kier alpha value is -2.96. The molecule has 4 nitrogen and oxygen atoms in total. The van der Waals surface area contributed by atoms with Crippen molar-refractivity contribution in [2.45, 2.75) is 6.18 Å². The van der Waals surface area contributed by atoms with E-state index in [1.54, 1.807) is 30.3 Å². The number of H-pyrrole nitrogens is 1. The maximum absolute atomic E-state index is 12.8. The maximum atomic E-state index is 12.8. The number of nitrogens with one attached hydrogen (secondary N) is 1. The second kappa shape index (κ2) is 5.35. The number of carbonyl (C=O) groups excluding carboxylic acids is 1. The van der Waals surface area contributed by atoms with Crippen molar-refractivity contribution in [2.75, 3.05) is 0 Å². The second-order valence-corrected chi connectivity index (χ2v) is 4.84. The smallest absolute Gasteiger partial charge is 0.319 e. The molecule has 7 heteroatoms. The summed E-state index contributed by atoms with van der Waals surface area (Å²) < 4.78 is 38.3. The fourth-order valence-electron chi connectivity index (χ4n) is 2.17. The molecular weight excluding hydrogens is 309 g/mol. The van der Waals surface area contributed by atoms with Gasteiger partial charge in [0.2, 0.25) is 5.69 Å². The fourth-order valence-corrected chi connectivity index (χ4v) is 2.17. The lowest BCUT2D eigenvalue weighted by Crippen LogP contribution is -2.23. The minimum atomic E-state index is -4.86. The molecule has 0 aliphatic rings. The summed E-state index contributed by atoms with van der Waals surface area (Å²) >= 11 is 0. The predicted molar refractivity (Wildman–Crippen MR) is 77.2 cm³/mol. The van der Waals surface area contributed by atoms with Crippen molar-refractivity contribution in [1.29, 1.82) is 0 Å². The molecule has 0 spiro atoms. The molecule has 0 saturated heterocycles. The van der Waals surface area contributed by atoms with E-state index in [0.717, 1.165) is 0 Å². The molecule has 116 valence electrons. The first-order chi connectivity index (χ1) is 10.9. The van der Waals surface area contributed by atoms with Crippen molar-refractivity contribution in [3.8, 4) is 0 Å². The van der Waals surface area contributed by atoms with Gasteiger partial charge in [-0.3, -0.25) is 9.59 Å². The maximum Gasteiger partial charge on any atom is 0.438 e. The molecule has 0 radical (unpaired) electrons. The molecule has 0 aliphatic heterocycles. The number of fused-ring (bicyclic) bond motifs is 1. The van der Waals surface area contributed by atoms with Gasteiger partial charge in [0.15, 0.2) is 5.78 Å². The number of aromatic amines is 1. The monoisotopic (exact) mass is 318 g/mol. The molecule has 0 saturated carbocycles. The van der Waals surface area contributed by atoms with Crippen LogP contribution in [0.1, 0.15) is 21.6 Å². The number of carbonyl (C=O) groups is 1. The minimum Gasteiger partial charge on any atom is -0.319 e. The van der Waals surface area contributed by atoms with E-state index in [-0.39, 0.29) is 22.4 Å². The number of benzene rings is 2. The van der Waals surface area contributed by atoms with Gasteiger partial charge in [-0.25, -0.2) is 4.98 Å². The van der Waals surface area contributed by atoms with Crippen LogP contribution in [0.25, 0.3) is 11.0 Å². The zero-order valence-electron chi connectivity index (χ0n) is 11.5. The molecular formula is C16H9F3N2O2. The van der Waals surface area contributed by atoms with Gasteiger partial charge >= 0.3 is 6.18 Å². The first-order valence-corrected chi connectivity index (χ1v) is 6.57. The van der Waals surface area contributed by atoms with E-state index in [2.05, 4.69) is 9.97 Å². The Bertz CT molecular complexity index is 947. The Kier molecular flexibility index (Phi) is 3.48. The topological polar surface area (TPSA) is 62.8 Å². The molecule has 0 atom stereocenters. The average molecular weight is 318 g/mol. The summed E-state index contributed by atoms with van der Waals surface area (Å²) in [4.78, 5) is 29.2. The Morgan fingerprint density at radius 2 is 1.70 bits per heavy atom. The van der Waals surface area contributed by atoms with Crippen molar-refractivity contribution in [3.05, 3.63) is 75.7 Å². The van der Waals surface area contributed by atoms with Gasteiger partial charge < -0.3 is 4.98 Å². The lowest BCUT2D eigenvalue weighted by molar-refractivity contribution is -0.142. The van der Waals surface area contributed by atoms with Crippen molar-refractivity contribution >= 4 is 16.8 Å². The number of rotatable bonds is 2. The SMILES string of the molecule is O=C(c1ccccc1)c1ccc2[nH]c(=O)c(C(F)(F)F)nc2c1. The minimum absolute atomic E-state index is 0.0984. The molecule has 23 heavy (non-hydrogen) atoms. The third kappa shape index (κ3) is 2.85. The molecule has 2 aromatic carbocycles. The number of hydrogen-bond donors (Lipinski definition) is 1. The van der Waals surface area contributed by atoms with Crippen LogP contribution in [0.15, 0.2) is 53.3 Å². The lowest BCUT2D eigenvalue weighted by atomic mass is 10.0. The lowest BCUT2D eigenvalue weighted by Gasteiger charge is -2.07. The normalized spacial score (nSPS) is 11.6. The number of halogens is 3. The van der Waals surface area contributed by atoms with Crippen molar-refractivity contribution < 1.29 is 18.0 Å². The summed E-state index contributed by atoms with van der Waals surface area (Å²) in [5.41, 5.74) is -2.21. The second-order valence-electron chi connectivity index (χ2n) is 4.84. The van der Waals surface area contributed by atoms with Gasteiger partial charge in [-0.2, -0.15) is 13.2 Å². The van der Waals surface area contributed by atoms with Gasteiger partial charge in [-0.1, -0.05) is 30.3 Å². The molecule has 1 aromatic heterocycles. The first-order valence-electron chi connectivity index (χ1n) is 6.57. The van der Waals surface area contributed by atoms with E-state index in [4.69, 9.17) is 0 Å². The number of nitrogens with zero attached hydrogens (tertiary/aromatic N) is 1. The molecule has 0 bridgehead atoms. The molecule has 0 amide bonds. The average Bonchev–Trinajstić information content (AvgIpc) is 2.53. The van der Waals surface area contributed by atoms with Crippen LogP contribution in [0.3, 0.4) is 0 Å². The zero-order chi connectivity index (χ0) is 16.6. The van der Waals surface area contributed by atoms with E-state index in [1.807, 2.05) is 0 Å². The van der Waals surface area contributed by atoms with Crippen molar-refractivity contribution in [3.63, 3.8) is 0 Å². The van der Waals surface area contributed by atoms with Gasteiger partial charge in [0, 0.05) is 11.1 Å². The fraction of sp³-hybridized carbons (Fsp3) is 0.0625. The van der Waals surface area contributed by atoms with Gasteiger partial charge in [0.1, 0.15) is 0 Å². The Morgan fingerprint density at radius 1 is 1.00 bits per heavy atom. The van der Waals surface area contributed by atoms with E-state index >= 15 is 0 Å². The standard InChI is InChI=1S/C16H9F3N2O2/c17-16(18,19)14-15(23)21-11-7-6-10(8-12(11)20-14)13(22)9-4-2-1-3-5-9/h1-8H,(H,21,23). The van der Waals surface area contributed by atoms with Gasteiger partial charge in [-0.05, 0) is 18.2 Å². The molecule has 3 aromatic rings. The molecule has 0 aliphatic carbocycles. The summed E-state index contributed by atoms with van der Waals surface area (Å²) in [7, 11) is 0. The molecule has 1 N–H and O–H groups in total. The van der Waals surface area contributed by atoms with Crippen molar-refractivity contribution in [1.82, 2.24) is 9.97 Å². The van der Waals surface area contributed by atoms with Gasteiger partial charge in [-0.15, -0.1) is 0 Å². The van der Waals surface area contributed by atoms with Crippen LogP contribution in [0.5, 0.6) is 0 Å². The largest absolute Gasteiger partial charge is 0.438 e. The Morgan fingerprint density at radius 3 is 2.35 bits per heavy atom. The van der Waals surface area contributed by atoms with E-state index < -0.39 is 17.4 Å². The van der Waals surface area contributed by atoms with E-state index in [1.165, 1.54) is 18.2 Å². The Balaban J connectivity index is 2.13. The van der Waals surface area contributed by atoms with E-state index in [9.17, 15) is 22.8 Å². The van der Waals surface area contributed by atoms with Crippen LogP contribution in [-0.4, -0.2) is 15.8 Å². The quantitative estimate of drug-likeness (QED) is 0.738. The van der Waals surface area contributed by atoms with Crippen LogP contribution in [0.4, 0.5) is 13.2 Å². The molecule has 0 fully saturated rings. The van der Waals surface area contributed by atoms with Gasteiger partial charge in [0.25, 0.3) is 5.56 Å². The first kappa shape index (κ1) is 15.0. The molecule has 3 rings (SSSR count). The third-order valence-electron chi connectivity index (χ3n) is 3.26. The highest BCUT2D eigenvalue weighted by molar-refractivity contribution is 6.10. The summed E-state index contributed by atoms with van der Waals surface area (Å²) in [5.74, 6) is -0.339. The van der Waals surface area contributed by atoms with Crippen LogP contribution < -0.4 is 5.56 Å².